The van der Waals surface area contributed by atoms with Gasteiger partial charge in [-0.25, -0.2) is 5.01 Å². The van der Waals surface area contributed by atoms with Crippen molar-refractivity contribution in [3.05, 3.63) is 39.9 Å². The maximum Gasteiger partial charge on any atom is 0.258 e. The van der Waals surface area contributed by atoms with E-state index in [-0.39, 0.29) is 5.91 Å². The van der Waals surface area contributed by atoms with Crippen LogP contribution in [0.2, 0.25) is 0 Å². The topological polar surface area (TPSA) is 32.3 Å². The largest absolute Gasteiger partial charge is 0.286 e. The molecule has 1 aromatic carbocycles. The zero-order chi connectivity index (χ0) is 12.1. The van der Waals surface area contributed by atoms with E-state index in [1.165, 1.54) is 11.6 Å². The summed E-state index contributed by atoms with van der Waals surface area (Å²) in [7, 11) is 3.54. The molecule has 0 spiro atoms. The first-order valence-corrected chi connectivity index (χ1v) is 5.70. The highest BCUT2D eigenvalue weighted by atomic mass is 79.9. The summed E-state index contributed by atoms with van der Waals surface area (Å²) in [6.07, 6.45) is 3.29. The molecule has 0 aliphatic heterocycles. The van der Waals surface area contributed by atoms with Gasteiger partial charge in [0.15, 0.2) is 0 Å². The van der Waals surface area contributed by atoms with E-state index in [0.717, 1.165) is 10.0 Å². The number of hydrogen-bond donors (Lipinski definition) is 1. The van der Waals surface area contributed by atoms with Crippen LogP contribution in [0.4, 0.5) is 0 Å². The van der Waals surface area contributed by atoms with E-state index in [2.05, 4.69) is 21.4 Å². The molecule has 0 saturated heterocycles. The van der Waals surface area contributed by atoms with Crippen molar-refractivity contribution in [2.75, 3.05) is 14.1 Å². The van der Waals surface area contributed by atoms with Gasteiger partial charge in [-0.1, -0.05) is 28.1 Å². The normalized spacial score (nSPS) is 11.1. The number of hydrazine groups is 1. The molecule has 0 heterocycles. The fourth-order valence-electron chi connectivity index (χ4n) is 1.19. The summed E-state index contributed by atoms with van der Waals surface area (Å²) in [6, 6.07) is 6.00. The fourth-order valence-corrected chi connectivity index (χ4v) is 1.82. The van der Waals surface area contributed by atoms with Gasteiger partial charge in [0, 0.05) is 24.6 Å². The zero-order valence-electron chi connectivity index (χ0n) is 9.62. The van der Waals surface area contributed by atoms with Crippen LogP contribution >= 0.6 is 15.9 Å². The van der Waals surface area contributed by atoms with Crippen LogP contribution in [0.25, 0.3) is 6.08 Å². The molecule has 1 N–H and O–H groups in total. The van der Waals surface area contributed by atoms with Crippen LogP contribution in [0.3, 0.4) is 0 Å². The number of nitrogens with zero attached hydrogens (tertiary/aromatic N) is 1. The summed E-state index contributed by atoms with van der Waals surface area (Å²) in [5, 5.41) is 1.61. The first kappa shape index (κ1) is 12.9. The lowest BCUT2D eigenvalue weighted by Gasteiger charge is -2.08. The molecule has 1 aromatic rings. The monoisotopic (exact) mass is 282 g/mol. The van der Waals surface area contributed by atoms with Crippen molar-refractivity contribution in [1.29, 1.82) is 0 Å². The number of rotatable bonds is 3. The Bertz CT molecular complexity index is 413. The van der Waals surface area contributed by atoms with Crippen LogP contribution in [-0.4, -0.2) is 25.0 Å². The summed E-state index contributed by atoms with van der Waals surface area (Å²) in [5.41, 5.74) is 4.80. The molecule has 0 fully saturated rings. The van der Waals surface area contributed by atoms with E-state index in [1.54, 1.807) is 25.2 Å². The molecule has 0 unspecified atom stereocenters. The summed E-state index contributed by atoms with van der Waals surface area (Å²) in [4.78, 5) is 11.4. The third-order valence-electron chi connectivity index (χ3n) is 1.90. The Morgan fingerprint density at radius 1 is 1.44 bits per heavy atom. The second kappa shape index (κ2) is 5.82. The molecule has 1 rings (SSSR count). The average molecular weight is 283 g/mol. The highest BCUT2D eigenvalue weighted by Crippen LogP contribution is 2.19. The Labute approximate surface area is 104 Å². The van der Waals surface area contributed by atoms with Gasteiger partial charge in [-0.15, -0.1) is 0 Å². The third-order valence-corrected chi connectivity index (χ3v) is 2.59. The highest BCUT2D eigenvalue weighted by Gasteiger charge is 1.98. The van der Waals surface area contributed by atoms with E-state index >= 15 is 0 Å². The van der Waals surface area contributed by atoms with Gasteiger partial charge in [0.25, 0.3) is 5.91 Å². The average Bonchev–Trinajstić information content (AvgIpc) is 2.15. The van der Waals surface area contributed by atoms with E-state index in [0.29, 0.717) is 0 Å². The van der Waals surface area contributed by atoms with E-state index in [9.17, 15) is 4.79 Å². The Hall–Kier alpha value is -1.13. The Morgan fingerprint density at radius 3 is 2.69 bits per heavy atom. The predicted molar refractivity (Wildman–Crippen MR) is 69.7 cm³/mol. The van der Waals surface area contributed by atoms with Crippen LogP contribution in [0.15, 0.2) is 28.7 Å². The Balaban J connectivity index is 2.73. The van der Waals surface area contributed by atoms with Gasteiger partial charge >= 0.3 is 0 Å². The fraction of sp³-hybridized carbons (Fsp3) is 0.250. The first-order chi connectivity index (χ1) is 7.49. The lowest BCUT2D eigenvalue weighted by Crippen LogP contribution is -2.34. The molecule has 86 valence electrons. The van der Waals surface area contributed by atoms with E-state index < -0.39 is 0 Å². The number of halogens is 1. The molecule has 1 amide bonds. The van der Waals surface area contributed by atoms with Crippen molar-refractivity contribution < 1.29 is 4.79 Å². The lowest BCUT2D eigenvalue weighted by atomic mass is 10.1. The van der Waals surface area contributed by atoms with Crippen molar-refractivity contribution in [2.24, 2.45) is 0 Å². The van der Waals surface area contributed by atoms with Crippen molar-refractivity contribution in [3.63, 3.8) is 0 Å². The molecule has 0 bridgehead atoms. The molecule has 0 aliphatic rings. The predicted octanol–water partition coefficient (Wildman–Crippen LogP) is 2.36. The third kappa shape index (κ3) is 4.16. The molecular formula is C12H15BrN2O. The van der Waals surface area contributed by atoms with Gasteiger partial charge in [-0.3, -0.25) is 10.2 Å². The molecule has 0 atom stereocenters. The number of carbonyl (C=O) groups is 1. The molecule has 0 saturated carbocycles. The molecule has 3 nitrogen and oxygen atoms in total. The molecule has 0 aliphatic carbocycles. The quantitative estimate of drug-likeness (QED) is 0.682. The summed E-state index contributed by atoms with van der Waals surface area (Å²) < 4.78 is 0.987. The van der Waals surface area contributed by atoms with Crippen molar-refractivity contribution in [2.45, 2.75) is 6.92 Å². The minimum absolute atomic E-state index is 0.141. The second-order valence-corrected chi connectivity index (χ2v) is 4.58. The number of aryl methyl sites for hydroxylation is 1. The maximum atomic E-state index is 11.4. The van der Waals surface area contributed by atoms with Crippen molar-refractivity contribution in [1.82, 2.24) is 10.4 Å². The molecule has 0 radical (unpaired) electrons. The number of carbonyl (C=O) groups excluding carboxylic acids is 1. The van der Waals surface area contributed by atoms with E-state index in [1.807, 2.05) is 25.1 Å². The Morgan fingerprint density at radius 2 is 2.12 bits per heavy atom. The maximum absolute atomic E-state index is 11.4. The van der Waals surface area contributed by atoms with Crippen LogP contribution < -0.4 is 5.43 Å². The van der Waals surface area contributed by atoms with Crippen LogP contribution in [0.5, 0.6) is 0 Å². The standard InChI is InChI=1S/C12H15BrN2O/c1-9-4-5-10(11(13)8-9)6-7-12(16)14-15(2)3/h4-8H,1-3H3,(H,14,16)/b7-6+. The Kier molecular flexibility index (Phi) is 4.71. The smallest absolute Gasteiger partial charge is 0.258 e. The first-order valence-electron chi connectivity index (χ1n) is 4.91. The number of amides is 1. The summed E-state index contributed by atoms with van der Waals surface area (Å²) >= 11 is 3.45. The van der Waals surface area contributed by atoms with Gasteiger partial charge in [-0.2, -0.15) is 0 Å². The van der Waals surface area contributed by atoms with Gasteiger partial charge in [0.1, 0.15) is 0 Å². The van der Waals surface area contributed by atoms with Crippen molar-refractivity contribution >= 4 is 27.9 Å². The molecule has 4 heteroatoms. The minimum Gasteiger partial charge on any atom is -0.286 e. The summed E-state index contributed by atoms with van der Waals surface area (Å²) in [5.74, 6) is -0.141. The summed E-state index contributed by atoms with van der Waals surface area (Å²) in [6.45, 7) is 2.02. The van der Waals surface area contributed by atoms with Crippen LogP contribution in [0, 0.1) is 6.92 Å². The van der Waals surface area contributed by atoms with Gasteiger partial charge in [-0.05, 0) is 30.2 Å². The van der Waals surface area contributed by atoms with Gasteiger partial charge < -0.3 is 0 Å². The number of benzene rings is 1. The van der Waals surface area contributed by atoms with E-state index in [4.69, 9.17) is 0 Å². The molecule has 16 heavy (non-hydrogen) atoms. The highest BCUT2D eigenvalue weighted by molar-refractivity contribution is 9.10. The number of hydrogen-bond acceptors (Lipinski definition) is 2. The van der Waals surface area contributed by atoms with Crippen molar-refractivity contribution in [3.8, 4) is 0 Å². The zero-order valence-corrected chi connectivity index (χ0v) is 11.2. The minimum atomic E-state index is -0.141. The molecule has 0 aromatic heterocycles. The SMILES string of the molecule is Cc1ccc(/C=C/C(=O)NN(C)C)c(Br)c1. The van der Waals surface area contributed by atoms with Crippen LogP contribution in [0.1, 0.15) is 11.1 Å². The lowest BCUT2D eigenvalue weighted by molar-refractivity contribution is -0.119. The van der Waals surface area contributed by atoms with Gasteiger partial charge in [0.05, 0.1) is 0 Å². The van der Waals surface area contributed by atoms with Gasteiger partial charge in [0.2, 0.25) is 0 Å². The number of nitrogens with one attached hydrogen (secondary N) is 1. The molecular weight excluding hydrogens is 268 g/mol. The second-order valence-electron chi connectivity index (χ2n) is 3.73. The van der Waals surface area contributed by atoms with Crippen LogP contribution in [-0.2, 0) is 4.79 Å².